The minimum Gasteiger partial charge on any atom is -0.311 e. The van der Waals surface area contributed by atoms with E-state index in [1.165, 1.54) is 85.3 Å². The topological polar surface area (TPSA) is 11.4 Å². The Hall–Kier alpha value is -11.8. The Kier molecular flexibility index (Phi) is 14.0. The van der Waals surface area contributed by atoms with Crippen molar-refractivity contribution >= 4 is 137 Å². The lowest BCUT2D eigenvalue weighted by molar-refractivity contribution is 1.16. The van der Waals surface area contributed by atoms with Crippen LogP contribution in [0.4, 0.5) is 34.1 Å². The van der Waals surface area contributed by atoms with Crippen LogP contribution in [0.3, 0.4) is 0 Å². The molecule has 0 aliphatic carbocycles. The predicted molar refractivity (Wildman–Crippen MR) is 413 cm³/mol. The van der Waals surface area contributed by atoms with Crippen LogP contribution >= 0.6 is 0 Å². The molecule has 0 spiro atoms. The molecule has 0 saturated heterocycles. The second-order valence-corrected chi connectivity index (χ2v) is 33.1. The van der Waals surface area contributed by atoms with Crippen molar-refractivity contribution in [2.45, 2.75) is 0 Å². The minimum absolute atomic E-state index is 0.203. The first-order chi connectivity index (χ1) is 47.6. The van der Waals surface area contributed by atoms with E-state index in [0.29, 0.717) is 0 Å². The third-order valence-electron chi connectivity index (χ3n) is 20.4. The maximum Gasteiger partial charge on any atom is 0.252 e. The molecule has 0 saturated carbocycles. The van der Waals surface area contributed by atoms with Gasteiger partial charge in [0.1, 0.15) is 0 Å². The van der Waals surface area contributed by atoms with E-state index in [2.05, 4.69) is 403 Å². The Balaban J connectivity index is 1.01. The van der Waals surface area contributed by atoms with Crippen molar-refractivity contribution in [3.05, 3.63) is 388 Å². The molecule has 0 unspecified atom stereocenters. The summed E-state index contributed by atoms with van der Waals surface area (Å²) in [6.07, 6.45) is 0. The third-order valence-corrected chi connectivity index (χ3v) is 30.0. The van der Waals surface area contributed by atoms with E-state index in [-0.39, 0.29) is 6.71 Å². The number of nitrogens with zero attached hydrogens (tertiary/aromatic N) is 3. The third kappa shape index (κ3) is 9.09. The first kappa shape index (κ1) is 56.9. The number of para-hydroxylation sites is 2. The Morgan fingerprint density at radius 1 is 0.208 bits per heavy atom. The van der Waals surface area contributed by atoms with Crippen molar-refractivity contribution in [3.8, 4) is 27.9 Å². The molecule has 15 aromatic carbocycles. The monoisotopic (exact) mass is 1250 g/mol. The van der Waals surface area contributed by atoms with Gasteiger partial charge in [-0.15, -0.1) is 0 Å². The van der Waals surface area contributed by atoms with E-state index in [1.807, 2.05) is 0 Å². The van der Waals surface area contributed by atoms with Crippen molar-refractivity contribution in [3.63, 3.8) is 0 Å². The summed E-state index contributed by atoms with van der Waals surface area (Å²) in [6.45, 7) is -0.203. The molecule has 3 nitrogen and oxygen atoms in total. The maximum absolute atomic E-state index is 3.14. The van der Waals surface area contributed by atoms with Gasteiger partial charge >= 0.3 is 0 Å². The second kappa shape index (κ2) is 23.6. The fourth-order valence-corrected chi connectivity index (χ4v) is 25.9. The molecule has 2 aliphatic rings. The molecule has 0 atom stereocenters. The zero-order chi connectivity index (χ0) is 63.6. The van der Waals surface area contributed by atoms with Crippen molar-refractivity contribution in [1.82, 2.24) is 4.57 Å². The fourth-order valence-electron chi connectivity index (χ4n) is 16.4. The molecule has 6 heteroatoms. The lowest BCUT2D eigenvalue weighted by atomic mass is 9.33. The van der Waals surface area contributed by atoms with E-state index >= 15 is 0 Å². The number of fused-ring (bicyclic) bond motifs is 7. The number of benzene rings is 15. The van der Waals surface area contributed by atoms with Gasteiger partial charge in [0.05, 0.1) is 16.7 Å². The van der Waals surface area contributed by atoms with E-state index in [0.717, 1.165) is 56.4 Å². The van der Waals surface area contributed by atoms with Gasteiger partial charge in [0, 0.05) is 44.9 Å². The summed E-state index contributed by atoms with van der Waals surface area (Å²) >= 11 is 0. The highest BCUT2D eigenvalue weighted by Gasteiger charge is 2.48. The molecule has 0 radical (unpaired) electrons. The largest absolute Gasteiger partial charge is 0.311 e. The molecule has 3 heterocycles. The maximum atomic E-state index is 2.69. The molecule has 0 N–H and O–H groups in total. The smallest absolute Gasteiger partial charge is 0.252 e. The summed E-state index contributed by atoms with van der Waals surface area (Å²) in [4.78, 5) is 5.29. The lowest BCUT2D eigenvalue weighted by Crippen LogP contribution is -2.75. The Morgan fingerprint density at radius 2 is 0.573 bits per heavy atom. The van der Waals surface area contributed by atoms with Crippen molar-refractivity contribution in [2.75, 3.05) is 9.80 Å². The molecule has 0 amide bonds. The van der Waals surface area contributed by atoms with Crippen LogP contribution in [0.5, 0.6) is 0 Å². The van der Waals surface area contributed by atoms with Crippen molar-refractivity contribution in [1.29, 1.82) is 0 Å². The van der Waals surface area contributed by atoms with Crippen molar-refractivity contribution in [2.24, 2.45) is 0 Å². The van der Waals surface area contributed by atoms with Gasteiger partial charge < -0.3 is 14.4 Å². The molecule has 1 aromatic heterocycles. The second-order valence-electron chi connectivity index (χ2n) is 25.4. The quantitative estimate of drug-likeness (QED) is 0.0842. The van der Waals surface area contributed by atoms with Crippen LogP contribution in [-0.2, 0) is 0 Å². The number of hydrogen-bond acceptors (Lipinski definition) is 2. The average molecular weight is 1250 g/mol. The molecular formula is C90H64BN3Si2. The van der Waals surface area contributed by atoms with E-state index in [9.17, 15) is 0 Å². The Morgan fingerprint density at radius 3 is 1.04 bits per heavy atom. The van der Waals surface area contributed by atoms with Crippen molar-refractivity contribution < 1.29 is 0 Å². The van der Waals surface area contributed by atoms with Crippen LogP contribution in [-0.4, -0.2) is 27.4 Å². The molecule has 2 aliphatic heterocycles. The van der Waals surface area contributed by atoms with Gasteiger partial charge in [-0.25, -0.2) is 0 Å². The normalized spacial score (nSPS) is 12.5. The van der Waals surface area contributed by atoms with Gasteiger partial charge in [-0.3, -0.25) is 0 Å². The summed E-state index contributed by atoms with van der Waals surface area (Å²) < 4.78 is 2.53. The molecule has 96 heavy (non-hydrogen) atoms. The predicted octanol–water partition coefficient (Wildman–Crippen LogP) is 15.0. The first-order valence-corrected chi connectivity index (χ1v) is 37.3. The fraction of sp³-hybridized carbons (Fsp3) is 0. The standard InChI is InChI=1S/C90H64BN3Si2/c1-9-31-65(32-10-1)67-35-29-36-69(59-67)92-86-58-55-68(66-33-11-2-12-34-66)60-83(86)91-82-57-56-79(96(75-44-19-6-20-45-75,76-46-21-7-22-47-76)77-48-23-8-24-49-77)64-87(82)93(89-63-71(62-88(92)90(89)91)94-84-53-27-25-51-80(84)81-52-26-28-54-85(81)94)70-37-30-50-78(61-70)95(72-38-13-3-14-39-72,73-40-15-4-16-41-73)74-42-17-5-18-43-74/h1-64H. The van der Waals surface area contributed by atoms with E-state index < -0.39 is 16.1 Å². The summed E-state index contributed by atoms with van der Waals surface area (Å²) in [5.41, 5.74) is 18.6. The van der Waals surface area contributed by atoms with Crippen LogP contribution in [0.1, 0.15) is 0 Å². The average Bonchev–Trinajstić information content (AvgIpc) is 0.760. The zero-order valence-corrected chi connectivity index (χ0v) is 54.9. The van der Waals surface area contributed by atoms with Crippen LogP contribution in [0.15, 0.2) is 388 Å². The van der Waals surface area contributed by atoms with E-state index in [4.69, 9.17) is 0 Å². The summed E-state index contributed by atoms with van der Waals surface area (Å²) in [6, 6.07) is 147. The van der Waals surface area contributed by atoms with Crippen LogP contribution in [0.2, 0.25) is 0 Å². The Bertz CT molecular complexity index is 5290. The van der Waals surface area contributed by atoms with Crippen LogP contribution in [0, 0.1) is 0 Å². The van der Waals surface area contributed by atoms with E-state index in [1.54, 1.807) is 0 Å². The first-order valence-electron chi connectivity index (χ1n) is 33.3. The highest BCUT2D eigenvalue weighted by atomic mass is 28.3. The molecule has 16 aromatic rings. The van der Waals surface area contributed by atoms with Crippen LogP contribution < -0.4 is 67.7 Å². The zero-order valence-electron chi connectivity index (χ0n) is 52.9. The highest BCUT2D eigenvalue weighted by molar-refractivity contribution is 7.20. The molecular weight excluding hydrogens is 1190 g/mol. The SMILES string of the molecule is c1ccc(-c2cccc(N3c4ccc(-c5ccccc5)cc4B4c5ccc([Si](c6ccccc6)(c6ccccc6)c6ccccc6)cc5N(c5cccc([Si](c6ccccc6)(c6ccccc6)c6ccccc6)c5)c5cc(-n6c7ccccc7c7ccccc76)cc3c54)c2)cc1. The van der Waals surface area contributed by atoms with Crippen LogP contribution in [0.25, 0.3) is 49.7 Å². The molecule has 450 valence electrons. The number of rotatable bonds is 13. The van der Waals surface area contributed by atoms with Gasteiger partial charge in [0.25, 0.3) is 6.71 Å². The number of hydrogen-bond donors (Lipinski definition) is 0. The van der Waals surface area contributed by atoms with Gasteiger partial charge in [-0.2, -0.15) is 0 Å². The van der Waals surface area contributed by atoms with Gasteiger partial charge in [0.15, 0.2) is 16.1 Å². The van der Waals surface area contributed by atoms with Gasteiger partial charge in [-0.05, 0) is 141 Å². The summed E-state index contributed by atoms with van der Waals surface area (Å²) in [7, 11) is -6.24. The Labute approximate surface area is 563 Å². The highest BCUT2D eigenvalue weighted by Crippen LogP contribution is 2.47. The number of anilines is 6. The van der Waals surface area contributed by atoms with Gasteiger partial charge in [0.2, 0.25) is 0 Å². The summed E-state index contributed by atoms with van der Waals surface area (Å²) in [5.74, 6) is 0. The molecule has 18 rings (SSSR count). The molecule has 0 bridgehead atoms. The summed E-state index contributed by atoms with van der Waals surface area (Å²) in [5, 5.41) is 13.0. The number of aromatic nitrogens is 1. The molecule has 0 fully saturated rings. The van der Waals surface area contributed by atoms with Gasteiger partial charge in [-0.1, -0.05) is 328 Å². The minimum atomic E-state index is -3.14. The lowest BCUT2D eigenvalue weighted by Gasteiger charge is -2.45.